The van der Waals surface area contributed by atoms with E-state index in [1.807, 2.05) is 0 Å². The molecule has 1 aromatic rings. The highest BCUT2D eigenvalue weighted by Gasteiger charge is 2.28. The lowest BCUT2D eigenvalue weighted by atomic mass is 10.0. The summed E-state index contributed by atoms with van der Waals surface area (Å²) in [5.74, 6) is -4.67. The van der Waals surface area contributed by atoms with Crippen LogP contribution in [0, 0.1) is 20.2 Å². The average Bonchev–Trinajstić information content (AvgIpc) is 3.12. The first-order chi connectivity index (χ1) is 26.1. The summed E-state index contributed by atoms with van der Waals surface area (Å²) in [7, 11) is 0. The van der Waals surface area contributed by atoms with Crippen LogP contribution >= 0.6 is 0 Å². The second-order valence-electron chi connectivity index (χ2n) is 12.3. The highest BCUT2D eigenvalue weighted by molar-refractivity contribution is 5.86. The Morgan fingerprint density at radius 1 is 0.655 bits per heavy atom. The van der Waals surface area contributed by atoms with Crippen molar-refractivity contribution in [3.8, 4) is 5.75 Å². The fourth-order valence-corrected chi connectivity index (χ4v) is 4.53. The zero-order valence-electron chi connectivity index (χ0n) is 31.6. The summed E-state index contributed by atoms with van der Waals surface area (Å²) < 4.78 is 25.7. The maximum absolute atomic E-state index is 13.2. The third-order valence-corrected chi connectivity index (χ3v) is 7.55. The van der Waals surface area contributed by atoms with Gasteiger partial charge in [0.2, 0.25) is 12.0 Å². The zero-order valence-corrected chi connectivity index (χ0v) is 31.6. The first-order valence-electron chi connectivity index (χ1n) is 18.0. The van der Waals surface area contributed by atoms with E-state index in [9.17, 15) is 49.0 Å². The molecule has 1 N–H and O–H groups in total. The molecule has 4 atom stereocenters. The number of amides is 1. The van der Waals surface area contributed by atoms with Crippen molar-refractivity contribution in [2.24, 2.45) is 0 Å². The minimum Gasteiger partial charge on any atom is -0.466 e. The standard InChI is InChI=1S/C35H51N3O17/c1-5-6-11-20-49-31(40)15-10-8-12-21-50-32(41)24(2)53-35(44)29(36-30(39)14-9-7-13-22-51-37(45)46)23-27-16-18-28(19-17-27)54-33(42)25(3)52-34(43)26(4)55-38(47)48/h16-19,24-26,29H,5-15,20-23H2,1-4H3,(H,36,39). The van der Waals surface area contributed by atoms with Crippen molar-refractivity contribution in [1.29, 1.82) is 0 Å². The molecule has 55 heavy (non-hydrogen) atoms. The molecule has 1 aromatic carbocycles. The molecular formula is C35H51N3O17. The van der Waals surface area contributed by atoms with Crippen LogP contribution in [0.15, 0.2) is 24.3 Å². The molecule has 1 rings (SSSR count). The molecule has 0 bridgehead atoms. The average molecular weight is 786 g/mol. The number of nitrogens with zero attached hydrogens (tertiary/aromatic N) is 2. The molecule has 0 aliphatic rings. The number of carbonyl (C=O) groups is 6. The van der Waals surface area contributed by atoms with Crippen LogP contribution in [-0.2, 0) is 63.8 Å². The molecule has 1 amide bonds. The predicted octanol–water partition coefficient (Wildman–Crippen LogP) is 3.69. The van der Waals surface area contributed by atoms with E-state index in [-0.39, 0.29) is 44.2 Å². The number of rotatable bonds is 29. The smallest absolute Gasteiger partial charge is 0.352 e. The lowest BCUT2D eigenvalue weighted by Gasteiger charge is -2.20. The highest BCUT2D eigenvalue weighted by atomic mass is 17.0. The summed E-state index contributed by atoms with van der Waals surface area (Å²) in [5.41, 5.74) is 0.476. The van der Waals surface area contributed by atoms with Crippen LogP contribution in [0.2, 0.25) is 0 Å². The molecule has 4 unspecified atom stereocenters. The Kier molecular flexibility index (Phi) is 23.4. The van der Waals surface area contributed by atoms with E-state index in [4.69, 9.17) is 23.7 Å². The number of carbonyl (C=O) groups excluding carboxylic acids is 6. The number of nitrogens with one attached hydrogen (secondary N) is 1. The van der Waals surface area contributed by atoms with Crippen molar-refractivity contribution in [2.45, 2.75) is 129 Å². The number of esters is 5. The van der Waals surface area contributed by atoms with Crippen LogP contribution in [0.3, 0.4) is 0 Å². The van der Waals surface area contributed by atoms with E-state index >= 15 is 0 Å². The fourth-order valence-electron chi connectivity index (χ4n) is 4.53. The first-order valence-corrected chi connectivity index (χ1v) is 18.0. The number of hydrogen-bond acceptors (Lipinski definition) is 17. The van der Waals surface area contributed by atoms with E-state index in [1.54, 1.807) is 0 Å². The van der Waals surface area contributed by atoms with Crippen molar-refractivity contribution >= 4 is 35.8 Å². The normalized spacial score (nSPS) is 12.8. The molecule has 0 aliphatic heterocycles. The van der Waals surface area contributed by atoms with Crippen LogP contribution in [0.1, 0.15) is 104 Å². The maximum atomic E-state index is 13.2. The van der Waals surface area contributed by atoms with Gasteiger partial charge in [-0.2, -0.15) is 0 Å². The first kappa shape index (κ1) is 47.5. The van der Waals surface area contributed by atoms with Gasteiger partial charge in [-0.25, -0.2) is 19.2 Å². The lowest BCUT2D eigenvalue weighted by Crippen LogP contribution is -2.45. The fraction of sp³-hybridized carbons (Fsp3) is 0.657. The highest BCUT2D eigenvalue weighted by Crippen LogP contribution is 2.16. The van der Waals surface area contributed by atoms with Gasteiger partial charge >= 0.3 is 29.8 Å². The van der Waals surface area contributed by atoms with Gasteiger partial charge in [-0.1, -0.05) is 38.3 Å². The van der Waals surface area contributed by atoms with Crippen molar-refractivity contribution in [3.63, 3.8) is 0 Å². The Balaban J connectivity index is 2.77. The van der Waals surface area contributed by atoms with Gasteiger partial charge in [0.25, 0.3) is 10.2 Å². The van der Waals surface area contributed by atoms with Crippen molar-refractivity contribution in [2.75, 3.05) is 19.8 Å². The Morgan fingerprint density at radius 2 is 1.24 bits per heavy atom. The minimum atomic E-state index is -1.58. The largest absolute Gasteiger partial charge is 0.466 e. The monoisotopic (exact) mass is 785 g/mol. The van der Waals surface area contributed by atoms with Gasteiger partial charge in [0.1, 0.15) is 11.8 Å². The van der Waals surface area contributed by atoms with E-state index in [1.165, 1.54) is 38.1 Å². The molecule has 0 heterocycles. The number of benzene rings is 1. The second kappa shape index (κ2) is 27.1. The number of ether oxygens (including phenoxy) is 5. The lowest BCUT2D eigenvalue weighted by molar-refractivity contribution is -0.764. The Morgan fingerprint density at radius 3 is 1.87 bits per heavy atom. The molecule has 0 saturated heterocycles. The Hall–Kier alpha value is -5.56. The van der Waals surface area contributed by atoms with E-state index in [0.29, 0.717) is 50.7 Å². The molecule has 0 spiro atoms. The molecule has 0 fully saturated rings. The van der Waals surface area contributed by atoms with Gasteiger partial charge in [-0.05, 0) is 77.0 Å². The van der Waals surface area contributed by atoms with E-state index in [2.05, 4.69) is 21.9 Å². The summed E-state index contributed by atoms with van der Waals surface area (Å²) in [6.45, 7) is 5.94. The van der Waals surface area contributed by atoms with Gasteiger partial charge in [-0.15, -0.1) is 20.2 Å². The van der Waals surface area contributed by atoms with Gasteiger partial charge < -0.3 is 33.8 Å². The van der Waals surface area contributed by atoms with E-state index < -0.39 is 64.3 Å². The second-order valence-corrected chi connectivity index (χ2v) is 12.3. The van der Waals surface area contributed by atoms with Gasteiger partial charge in [0, 0.05) is 19.3 Å². The molecule has 308 valence electrons. The summed E-state index contributed by atoms with van der Waals surface area (Å²) in [6.07, 6.45) is 1.37. The number of hydrogen-bond donors (Lipinski definition) is 1. The molecule has 20 heteroatoms. The minimum absolute atomic E-state index is 0.0224. The van der Waals surface area contributed by atoms with Crippen LogP contribution in [-0.4, -0.2) is 90.1 Å². The maximum Gasteiger partial charge on any atom is 0.352 e. The summed E-state index contributed by atoms with van der Waals surface area (Å²) in [5, 5.41) is 21.2. The van der Waals surface area contributed by atoms with Gasteiger partial charge in [-0.3, -0.25) is 14.4 Å². The van der Waals surface area contributed by atoms with Crippen LogP contribution in [0.25, 0.3) is 0 Å². The topological polar surface area (TPSA) is 265 Å². The summed E-state index contributed by atoms with van der Waals surface area (Å²) in [4.78, 5) is 104. The molecule has 0 aromatic heterocycles. The van der Waals surface area contributed by atoms with Gasteiger partial charge in [0.15, 0.2) is 12.2 Å². The predicted molar refractivity (Wildman–Crippen MR) is 188 cm³/mol. The third-order valence-electron chi connectivity index (χ3n) is 7.55. The SMILES string of the molecule is CCCCCOC(=O)CCCCCOC(=O)C(C)OC(=O)C(Cc1ccc(OC(=O)C(C)OC(=O)C(C)O[N+](=O)[O-])cc1)NC(=O)CCCCCO[N+](=O)[O-]. The third kappa shape index (κ3) is 22.3. The zero-order chi connectivity index (χ0) is 41.2. The molecule has 20 nitrogen and oxygen atoms in total. The quantitative estimate of drug-likeness (QED) is 0.0303. The van der Waals surface area contributed by atoms with Crippen molar-refractivity contribution in [3.05, 3.63) is 50.1 Å². The van der Waals surface area contributed by atoms with E-state index in [0.717, 1.165) is 26.2 Å². The summed E-state index contributed by atoms with van der Waals surface area (Å²) >= 11 is 0. The van der Waals surface area contributed by atoms with Crippen molar-refractivity contribution in [1.82, 2.24) is 5.32 Å². The van der Waals surface area contributed by atoms with Crippen LogP contribution < -0.4 is 10.1 Å². The van der Waals surface area contributed by atoms with Crippen LogP contribution in [0.5, 0.6) is 5.75 Å². The molecule has 0 saturated carbocycles. The Labute approximate surface area is 318 Å². The van der Waals surface area contributed by atoms with Gasteiger partial charge in [0.05, 0.1) is 19.8 Å². The molecule has 0 radical (unpaired) electrons. The van der Waals surface area contributed by atoms with Crippen molar-refractivity contribution < 1.29 is 72.3 Å². The molecule has 0 aliphatic carbocycles. The Bertz CT molecular complexity index is 1400. The summed E-state index contributed by atoms with van der Waals surface area (Å²) in [6, 6.07) is 4.44. The van der Waals surface area contributed by atoms with Crippen LogP contribution in [0.4, 0.5) is 0 Å². The number of unbranched alkanes of at least 4 members (excludes halogenated alkanes) is 6. The molecular weight excluding hydrogens is 734 g/mol.